The summed E-state index contributed by atoms with van der Waals surface area (Å²) in [4.78, 5) is 8.60. The molecule has 0 radical (unpaired) electrons. The van der Waals surface area contributed by atoms with Gasteiger partial charge in [-0.05, 0) is 48.5 Å². The van der Waals surface area contributed by atoms with Crippen molar-refractivity contribution in [3.05, 3.63) is 60.7 Å². The van der Waals surface area contributed by atoms with E-state index in [4.69, 9.17) is 35.2 Å². The van der Waals surface area contributed by atoms with Crippen LogP contribution in [0.15, 0.2) is 60.7 Å². The number of aromatic nitrogens is 2. The Morgan fingerprint density at radius 3 is 1.29 bits per heavy atom. The van der Waals surface area contributed by atoms with Gasteiger partial charge in [-0.25, -0.2) is 9.97 Å². The molecule has 4 aromatic rings. The number of fused-ring (bicyclic) bond motifs is 2. The number of hydrogen-bond donors (Lipinski definition) is 2. The third-order valence-corrected chi connectivity index (χ3v) is 5.11. The first kappa shape index (κ1) is 24.5. The normalized spacial score (nSPS) is 11.2. The van der Waals surface area contributed by atoms with E-state index < -0.39 is 0 Å². The van der Waals surface area contributed by atoms with Crippen LogP contribution in [0.25, 0.3) is 21.8 Å². The van der Waals surface area contributed by atoms with Gasteiger partial charge < -0.3 is 35.2 Å². The van der Waals surface area contributed by atoms with Crippen LogP contribution in [0.2, 0.25) is 0 Å². The van der Waals surface area contributed by atoms with Crippen LogP contribution in [-0.2, 0) is 14.2 Å². The van der Waals surface area contributed by atoms with Gasteiger partial charge in [0.25, 0.3) is 0 Å². The van der Waals surface area contributed by atoms with Gasteiger partial charge in [0, 0.05) is 22.9 Å². The summed E-state index contributed by atoms with van der Waals surface area (Å²) >= 11 is 0. The van der Waals surface area contributed by atoms with Crippen LogP contribution >= 0.6 is 0 Å². The van der Waals surface area contributed by atoms with Crippen molar-refractivity contribution in [2.24, 2.45) is 0 Å². The Morgan fingerprint density at radius 2 is 0.857 bits per heavy atom. The molecule has 0 unspecified atom stereocenters. The zero-order valence-electron chi connectivity index (χ0n) is 19.5. The smallest absolute Gasteiger partial charge is 0.124 e. The van der Waals surface area contributed by atoms with Gasteiger partial charge in [0.2, 0.25) is 0 Å². The number of hydrogen-bond acceptors (Lipinski definition) is 9. The van der Waals surface area contributed by atoms with Crippen molar-refractivity contribution < 1.29 is 23.7 Å². The van der Waals surface area contributed by atoms with E-state index in [0.717, 1.165) is 33.3 Å². The highest BCUT2D eigenvalue weighted by molar-refractivity contribution is 5.82. The summed E-state index contributed by atoms with van der Waals surface area (Å²) in [5.74, 6) is 2.45. The predicted molar refractivity (Wildman–Crippen MR) is 136 cm³/mol. The molecule has 2 aromatic heterocycles. The Balaban J connectivity index is 0.985. The minimum atomic E-state index is 0.442. The van der Waals surface area contributed by atoms with E-state index in [1.165, 1.54) is 0 Å². The van der Waals surface area contributed by atoms with Gasteiger partial charge >= 0.3 is 0 Å². The lowest BCUT2D eigenvalue weighted by Gasteiger charge is -2.09. The summed E-state index contributed by atoms with van der Waals surface area (Å²) < 4.78 is 28.0. The molecule has 2 aromatic carbocycles. The lowest BCUT2D eigenvalue weighted by molar-refractivity contribution is 0.00500. The van der Waals surface area contributed by atoms with Crippen molar-refractivity contribution in [2.45, 2.75) is 0 Å². The number of ether oxygens (including phenoxy) is 5. The minimum absolute atomic E-state index is 0.442. The van der Waals surface area contributed by atoms with Crippen molar-refractivity contribution in [1.82, 2.24) is 9.97 Å². The third-order valence-electron chi connectivity index (χ3n) is 5.11. The van der Waals surface area contributed by atoms with Gasteiger partial charge in [-0.1, -0.05) is 0 Å². The molecule has 0 saturated carbocycles. The van der Waals surface area contributed by atoms with E-state index in [1.54, 1.807) is 12.1 Å². The number of pyridine rings is 2. The van der Waals surface area contributed by atoms with Crippen LogP contribution in [0.3, 0.4) is 0 Å². The standard InChI is InChI=1S/C26H30N4O5/c27-25-7-3-19-1-5-21(17-23(19)29-25)34-15-13-32-11-9-31-10-12-33-14-16-35-22-6-2-20-4-8-26(28)30-24(20)18-22/h1-8,17-18H,9-16H2,(H2,27,29)(H2,28,30). The molecular formula is C26H30N4O5. The van der Waals surface area contributed by atoms with Crippen molar-refractivity contribution >= 4 is 33.4 Å². The van der Waals surface area contributed by atoms with E-state index in [2.05, 4.69) is 9.97 Å². The first-order valence-corrected chi connectivity index (χ1v) is 11.5. The zero-order chi connectivity index (χ0) is 24.3. The Morgan fingerprint density at radius 1 is 0.486 bits per heavy atom. The lowest BCUT2D eigenvalue weighted by Crippen LogP contribution is -2.14. The quantitative estimate of drug-likeness (QED) is 0.262. The van der Waals surface area contributed by atoms with Crippen molar-refractivity contribution in [3.63, 3.8) is 0 Å². The maximum Gasteiger partial charge on any atom is 0.124 e. The fraction of sp³-hybridized carbons (Fsp3) is 0.308. The molecule has 35 heavy (non-hydrogen) atoms. The van der Waals surface area contributed by atoms with Crippen molar-refractivity contribution in [2.75, 3.05) is 64.3 Å². The maximum atomic E-state index is 5.73. The van der Waals surface area contributed by atoms with Crippen LogP contribution in [0.5, 0.6) is 11.5 Å². The summed E-state index contributed by atoms with van der Waals surface area (Å²) in [5, 5.41) is 2.04. The molecule has 0 fully saturated rings. The van der Waals surface area contributed by atoms with Gasteiger partial charge in [0.15, 0.2) is 0 Å². The van der Waals surface area contributed by atoms with Gasteiger partial charge in [0.1, 0.15) is 36.3 Å². The highest BCUT2D eigenvalue weighted by Gasteiger charge is 2.01. The van der Waals surface area contributed by atoms with Gasteiger partial charge in [-0.3, -0.25) is 0 Å². The topological polar surface area (TPSA) is 124 Å². The number of anilines is 2. The first-order chi connectivity index (χ1) is 17.2. The second-order valence-corrected chi connectivity index (χ2v) is 7.72. The number of nitrogens with two attached hydrogens (primary N) is 2. The van der Waals surface area contributed by atoms with Gasteiger partial charge in [-0.15, -0.1) is 0 Å². The molecule has 9 heteroatoms. The highest BCUT2D eigenvalue weighted by atomic mass is 16.6. The highest BCUT2D eigenvalue weighted by Crippen LogP contribution is 2.21. The molecule has 0 aliphatic rings. The summed E-state index contributed by atoms with van der Waals surface area (Å²) in [6, 6.07) is 18.9. The fourth-order valence-electron chi connectivity index (χ4n) is 3.38. The molecule has 0 saturated heterocycles. The van der Waals surface area contributed by atoms with E-state index in [0.29, 0.717) is 64.5 Å². The molecule has 0 atom stereocenters. The predicted octanol–water partition coefficient (Wildman–Crippen LogP) is 3.46. The molecule has 184 valence electrons. The van der Waals surface area contributed by atoms with Crippen LogP contribution in [0.4, 0.5) is 11.6 Å². The molecule has 0 bridgehead atoms. The Labute approximate surface area is 203 Å². The second-order valence-electron chi connectivity index (χ2n) is 7.72. The monoisotopic (exact) mass is 478 g/mol. The van der Waals surface area contributed by atoms with Crippen LogP contribution in [0.1, 0.15) is 0 Å². The molecule has 0 aliphatic carbocycles. The number of rotatable bonds is 14. The Kier molecular flexibility index (Phi) is 8.88. The molecule has 0 aliphatic heterocycles. The second kappa shape index (κ2) is 12.7. The maximum absolute atomic E-state index is 5.73. The largest absolute Gasteiger partial charge is 0.491 e. The van der Waals surface area contributed by atoms with Gasteiger partial charge in [0.05, 0.1) is 50.7 Å². The molecule has 0 amide bonds. The Bertz CT molecular complexity index is 1140. The Hall–Kier alpha value is -3.66. The van der Waals surface area contributed by atoms with Crippen LogP contribution in [-0.4, -0.2) is 62.8 Å². The number of benzene rings is 2. The molecule has 0 spiro atoms. The zero-order valence-corrected chi connectivity index (χ0v) is 19.5. The first-order valence-electron chi connectivity index (χ1n) is 11.5. The summed E-state index contributed by atoms with van der Waals surface area (Å²) in [6.07, 6.45) is 0. The van der Waals surface area contributed by atoms with E-state index in [9.17, 15) is 0 Å². The lowest BCUT2D eigenvalue weighted by atomic mass is 10.2. The van der Waals surface area contributed by atoms with E-state index in [-0.39, 0.29) is 0 Å². The van der Waals surface area contributed by atoms with E-state index >= 15 is 0 Å². The number of nitrogens with zero attached hydrogens (tertiary/aromatic N) is 2. The van der Waals surface area contributed by atoms with Crippen LogP contribution in [0, 0.1) is 0 Å². The van der Waals surface area contributed by atoms with Gasteiger partial charge in [-0.2, -0.15) is 0 Å². The molecule has 2 heterocycles. The third kappa shape index (κ3) is 7.68. The summed E-state index contributed by atoms with van der Waals surface area (Å²) in [7, 11) is 0. The molecule has 9 nitrogen and oxygen atoms in total. The van der Waals surface area contributed by atoms with Crippen LogP contribution < -0.4 is 20.9 Å². The SMILES string of the molecule is Nc1ccc2ccc(OCCOCCOCCOCCOc3ccc4ccc(N)nc4c3)cc2n1. The minimum Gasteiger partial charge on any atom is -0.491 e. The number of nitrogen functional groups attached to an aromatic ring is 2. The van der Waals surface area contributed by atoms with Crippen molar-refractivity contribution in [3.8, 4) is 11.5 Å². The van der Waals surface area contributed by atoms with E-state index in [1.807, 2.05) is 48.5 Å². The summed E-state index contributed by atoms with van der Waals surface area (Å²) in [6.45, 7) is 3.78. The fourth-order valence-corrected chi connectivity index (χ4v) is 3.38. The molecule has 4 rings (SSSR count). The van der Waals surface area contributed by atoms with Crippen molar-refractivity contribution in [1.29, 1.82) is 0 Å². The summed E-state index contributed by atoms with van der Waals surface area (Å²) in [5.41, 5.74) is 13.1. The average Bonchev–Trinajstić information content (AvgIpc) is 2.86. The average molecular weight is 479 g/mol. The molecular weight excluding hydrogens is 448 g/mol. The molecule has 4 N–H and O–H groups in total.